The number of nitrogens with one attached hydrogen (secondary N) is 2. The van der Waals surface area contributed by atoms with Crippen molar-refractivity contribution in [1.82, 2.24) is 10.6 Å². The van der Waals surface area contributed by atoms with Crippen molar-refractivity contribution in [2.45, 2.75) is 40.0 Å². The molecule has 0 fully saturated rings. The first kappa shape index (κ1) is 22.4. The summed E-state index contributed by atoms with van der Waals surface area (Å²) in [7, 11) is 0. The van der Waals surface area contributed by atoms with E-state index >= 15 is 0 Å². The first-order chi connectivity index (χ1) is 12.3. The molecule has 0 bridgehead atoms. The fourth-order valence-corrected chi connectivity index (χ4v) is 2.47. The van der Waals surface area contributed by atoms with E-state index in [1.54, 1.807) is 0 Å². The summed E-state index contributed by atoms with van der Waals surface area (Å²) in [5.41, 5.74) is 3.67. The maximum Gasteiger partial charge on any atom is 0.191 e. The standard InChI is InChI=1S/C21H29N3O.HI/c1-3-14-25-17-20-13-9-8-12-19(20)16-24-21(22-4-2)23-15-18-10-6-5-7-11-18;/h5-13H,3-4,14-17H2,1-2H3,(H2,22,23,24);1H. The molecule has 0 saturated carbocycles. The van der Waals surface area contributed by atoms with Crippen LogP contribution in [-0.2, 0) is 24.4 Å². The molecule has 0 aliphatic carbocycles. The van der Waals surface area contributed by atoms with Gasteiger partial charge in [-0.1, -0.05) is 61.5 Å². The molecule has 0 aliphatic heterocycles. The van der Waals surface area contributed by atoms with Crippen molar-refractivity contribution in [2.75, 3.05) is 13.2 Å². The number of nitrogens with zero attached hydrogens (tertiary/aromatic N) is 1. The van der Waals surface area contributed by atoms with Gasteiger partial charge in [0.2, 0.25) is 0 Å². The number of hydrogen-bond acceptors (Lipinski definition) is 2. The number of ether oxygens (including phenoxy) is 1. The van der Waals surface area contributed by atoms with Crippen molar-refractivity contribution in [3.63, 3.8) is 0 Å². The molecule has 0 saturated heterocycles. The quantitative estimate of drug-likeness (QED) is 0.247. The van der Waals surface area contributed by atoms with Crippen LogP contribution in [0.1, 0.15) is 37.0 Å². The maximum atomic E-state index is 5.70. The summed E-state index contributed by atoms with van der Waals surface area (Å²) in [6.45, 7) is 7.88. The second-order valence-corrected chi connectivity index (χ2v) is 5.86. The Morgan fingerprint density at radius 2 is 1.62 bits per heavy atom. The molecular formula is C21H30IN3O. The SMILES string of the molecule is CCCOCc1ccccc1CNC(=NCc1ccccc1)NCC.I. The first-order valence-electron chi connectivity index (χ1n) is 9.04. The van der Waals surface area contributed by atoms with E-state index in [2.05, 4.69) is 65.9 Å². The van der Waals surface area contributed by atoms with Crippen LogP contribution in [-0.4, -0.2) is 19.1 Å². The van der Waals surface area contributed by atoms with Crippen LogP contribution in [0.2, 0.25) is 0 Å². The van der Waals surface area contributed by atoms with Gasteiger partial charge in [-0.2, -0.15) is 0 Å². The molecule has 0 radical (unpaired) electrons. The number of benzene rings is 2. The van der Waals surface area contributed by atoms with Gasteiger partial charge < -0.3 is 15.4 Å². The largest absolute Gasteiger partial charge is 0.377 e. The molecule has 2 aromatic rings. The van der Waals surface area contributed by atoms with Gasteiger partial charge in [-0.3, -0.25) is 0 Å². The molecule has 2 aromatic carbocycles. The Labute approximate surface area is 174 Å². The summed E-state index contributed by atoms with van der Waals surface area (Å²) in [6, 6.07) is 18.7. The van der Waals surface area contributed by atoms with E-state index in [0.717, 1.165) is 32.1 Å². The topological polar surface area (TPSA) is 45.6 Å². The van der Waals surface area contributed by atoms with E-state index < -0.39 is 0 Å². The van der Waals surface area contributed by atoms with Gasteiger partial charge in [-0.05, 0) is 30.0 Å². The third kappa shape index (κ3) is 8.19. The predicted molar refractivity (Wildman–Crippen MR) is 120 cm³/mol. The molecule has 0 unspecified atom stereocenters. The van der Waals surface area contributed by atoms with Crippen LogP contribution >= 0.6 is 24.0 Å². The molecule has 0 aliphatic rings. The van der Waals surface area contributed by atoms with Crippen molar-refractivity contribution in [3.05, 3.63) is 71.3 Å². The minimum absolute atomic E-state index is 0. The number of aliphatic imine (C=N–C) groups is 1. The van der Waals surface area contributed by atoms with Gasteiger partial charge in [0.1, 0.15) is 0 Å². The summed E-state index contributed by atoms with van der Waals surface area (Å²) < 4.78 is 5.70. The van der Waals surface area contributed by atoms with Crippen LogP contribution in [0, 0.1) is 0 Å². The summed E-state index contributed by atoms with van der Waals surface area (Å²) >= 11 is 0. The lowest BCUT2D eigenvalue weighted by Gasteiger charge is -2.14. The highest BCUT2D eigenvalue weighted by Crippen LogP contribution is 2.10. The normalized spacial score (nSPS) is 10.9. The van der Waals surface area contributed by atoms with Crippen LogP contribution in [0.4, 0.5) is 0 Å². The fraction of sp³-hybridized carbons (Fsp3) is 0.381. The van der Waals surface area contributed by atoms with E-state index in [9.17, 15) is 0 Å². The van der Waals surface area contributed by atoms with Crippen LogP contribution in [0.25, 0.3) is 0 Å². The van der Waals surface area contributed by atoms with Gasteiger partial charge in [0.25, 0.3) is 0 Å². The molecule has 26 heavy (non-hydrogen) atoms. The Kier molecular flexibility index (Phi) is 11.7. The number of rotatable bonds is 9. The van der Waals surface area contributed by atoms with Gasteiger partial charge in [0, 0.05) is 19.7 Å². The summed E-state index contributed by atoms with van der Waals surface area (Å²) in [5, 5.41) is 6.72. The number of hydrogen-bond donors (Lipinski definition) is 2. The number of guanidine groups is 1. The van der Waals surface area contributed by atoms with Crippen molar-refractivity contribution in [3.8, 4) is 0 Å². The third-order valence-electron chi connectivity index (χ3n) is 3.78. The van der Waals surface area contributed by atoms with E-state index in [1.165, 1.54) is 16.7 Å². The summed E-state index contributed by atoms with van der Waals surface area (Å²) in [6.07, 6.45) is 1.04. The molecule has 0 atom stereocenters. The van der Waals surface area contributed by atoms with Crippen molar-refractivity contribution < 1.29 is 4.74 Å². The van der Waals surface area contributed by atoms with Crippen LogP contribution in [0.3, 0.4) is 0 Å². The molecule has 4 nitrogen and oxygen atoms in total. The average Bonchev–Trinajstić information content (AvgIpc) is 2.66. The highest BCUT2D eigenvalue weighted by molar-refractivity contribution is 14.0. The van der Waals surface area contributed by atoms with Gasteiger partial charge in [0.15, 0.2) is 5.96 Å². The molecule has 5 heteroatoms. The van der Waals surface area contributed by atoms with Crippen LogP contribution in [0.5, 0.6) is 0 Å². The maximum absolute atomic E-state index is 5.70. The molecule has 2 N–H and O–H groups in total. The highest BCUT2D eigenvalue weighted by atomic mass is 127. The van der Waals surface area contributed by atoms with E-state index in [0.29, 0.717) is 13.2 Å². The zero-order chi connectivity index (χ0) is 17.7. The molecule has 0 aromatic heterocycles. The molecule has 142 valence electrons. The predicted octanol–water partition coefficient (Wildman–Crippen LogP) is 4.49. The Balaban J connectivity index is 0.00000338. The monoisotopic (exact) mass is 467 g/mol. The summed E-state index contributed by atoms with van der Waals surface area (Å²) in [4.78, 5) is 4.67. The number of halogens is 1. The van der Waals surface area contributed by atoms with Crippen LogP contribution in [0.15, 0.2) is 59.6 Å². The second-order valence-electron chi connectivity index (χ2n) is 5.86. The molecule has 0 spiro atoms. The van der Waals surface area contributed by atoms with Gasteiger partial charge >= 0.3 is 0 Å². The zero-order valence-corrected chi connectivity index (χ0v) is 18.0. The Morgan fingerprint density at radius 1 is 0.923 bits per heavy atom. The Bertz CT molecular complexity index is 647. The minimum Gasteiger partial charge on any atom is -0.377 e. The van der Waals surface area contributed by atoms with Gasteiger partial charge in [-0.25, -0.2) is 4.99 Å². The molecule has 2 rings (SSSR count). The molecule has 0 heterocycles. The van der Waals surface area contributed by atoms with Crippen molar-refractivity contribution in [1.29, 1.82) is 0 Å². The van der Waals surface area contributed by atoms with Gasteiger partial charge in [0.05, 0.1) is 13.2 Å². The second kappa shape index (κ2) is 13.6. The highest BCUT2D eigenvalue weighted by Gasteiger charge is 2.04. The molecular weight excluding hydrogens is 437 g/mol. The van der Waals surface area contributed by atoms with Crippen molar-refractivity contribution in [2.24, 2.45) is 4.99 Å². The lowest BCUT2D eigenvalue weighted by molar-refractivity contribution is 0.121. The van der Waals surface area contributed by atoms with E-state index in [-0.39, 0.29) is 24.0 Å². The fourth-order valence-electron chi connectivity index (χ4n) is 2.47. The first-order valence-corrected chi connectivity index (χ1v) is 9.04. The Morgan fingerprint density at radius 3 is 2.31 bits per heavy atom. The van der Waals surface area contributed by atoms with Crippen molar-refractivity contribution >= 4 is 29.9 Å². The summed E-state index contributed by atoms with van der Waals surface area (Å²) in [5.74, 6) is 0.829. The zero-order valence-electron chi connectivity index (χ0n) is 15.7. The van der Waals surface area contributed by atoms with Gasteiger partial charge in [-0.15, -0.1) is 24.0 Å². The van der Waals surface area contributed by atoms with E-state index in [1.807, 2.05) is 18.2 Å². The molecule has 0 amide bonds. The van der Waals surface area contributed by atoms with Crippen LogP contribution < -0.4 is 10.6 Å². The average molecular weight is 467 g/mol. The lowest BCUT2D eigenvalue weighted by atomic mass is 10.1. The third-order valence-corrected chi connectivity index (χ3v) is 3.78. The minimum atomic E-state index is 0. The smallest absolute Gasteiger partial charge is 0.191 e. The Hall–Kier alpha value is -1.60. The lowest BCUT2D eigenvalue weighted by Crippen LogP contribution is -2.37. The van der Waals surface area contributed by atoms with E-state index in [4.69, 9.17) is 4.74 Å².